The highest BCUT2D eigenvalue weighted by Crippen LogP contribution is 2.30. The number of halogens is 1. The predicted molar refractivity (Wildman–Crippen MR) is 87.1 cm³/mol. The van der Waals surface area contributed by atoms with Crippen LogP contribution in [0.4, 0.5) is 5.69 Å². The monoisotopic (exact) mass is 320 g/mol. The van der Waals surface area contributed by atoms with E-state index in [4.69, 9.17) is 11.6 Å². The Morgan fingerprint density at radius 2 is 1.77 bits per heavy atom. The van der Waals surface area contributed by atoms with Crippen molar-refractivity contribution in [1.29, 1.82) is 0 Å². The van der Waals surface area contributed by atoms with E-state index in [1.54, 1.807) is 18.2 Å². The number of hydrogen-bond donors (Lipinski definition) is 2. The molecule has 5 heteroatoms. The number of anilines is 1. The van der Waals surface area contributed by atoms with Gasteiger partial charge in [0, 0.05) is 17.6 Å². The number of carbonyl (C=O) groups is 2. The van der Waals surface area contributed by atoms with Gasteiger partial charge in [0.15, 0.2) is 0 Å². The molecule has 0 bridgehead atoms. The molecule has 2 aliphatic carbocycles. The summed E-state index contributed by atoms with van der Waals surface area (Å²) in [6.45, 7) is 0. The van der Waals surface area contributed by atoms with Crippen molar-refractivity contribution in [1.82, 2.24) is 5.32 Å². The summed E-state index contributed by atoms with van der Waals surface area (Å²) in [5.74, 6) is 0.00979. The third-order valence-electron chi connectivity index (χ3n) is 4.37. The van der Waals surface area contributed by atoms with Crippen LogP contribution in [-0.2, 0) is 4.79 Å². The second-order valence-electron chi connectivity index (χ2n) is 6.27. The van der Waals surface area contributed by atoms with E-state index >= 15 is 0 Å². The SMILES string of the molecule is O=C(NC1CCCCC1)c1cc(NC(=O)C2CC2)ccc1Cl. The molecule has 2 amide bonds. The summed E-state index contributed by atoms with van der Waals surface area (Å²) in [5.41, 5.74) is 1.07. The average Bonchev–Trinajstić information content (AvgIpc) is 3.35. The first-order valence-corrected chi connectivity index (χ1v) is 8.42. The molecule has 0 spiro atoms. The van der Waals surface area contributed by atoms with Gasteiger partial charge in [-0.2, -0.15) is 0 Å². The topological polar surface area (TPSA) is 58.2 Å². The van der Waals surface area contributed by atoms with Gasteiger partial charge in [-0.1, -0.05) is 30.9 Å². The molecular formula is C17H21ClN2O2. The first-order chi connectivity index (χ1) is 10.6. The van der Waals surface area contributed by atoms with Gasteiger partial charge in [0.25, 0.3) is 5.91 Å². The Balaban J connectivity index is 1.68. The van der Waals surface area contributed by atoms with E-state index in [2.05, 4.69) is 10.6 Å². The molecule has 0 aliphatic heterocycles. The van der Waals surface area contributed by atoms with E-state index in [0.717, 1.165) is 38.5 Å². The average molecular weight is 321 g/mol. The van der Waals surface area contributed by atoms with E-state index in [1.807, 2.05) is 0 Å². The van der Waals surface area contributed by atoms with Crippen LogP contribution in [0, 0.1) is 5.92 Å². The van der Waals surface area contributed by atoms with E-state index in [0.29, 0.717) is 16.3 Å². The van der Waals surface area contributed by atoms with Gasteiger partial charge in [0.2, 0.25) is 5.91 Å². The lowest BCUT2D eigenvalue weighted by Gasteiger charge is -2.23. The quantitative estimate of drug-likeness (QED) is 0.887. The summed E-state index contributed by atoms with van der Waals surface area (Å²) in [4.78, 5) is 24.2. The van der Waals surface area contributed by atoms with Gasteiger partial charge in [-0.05, 0) is 43.9 Å². The van der Waals surface area contributed by atoms with Crippen LogP contribution in [0.3, 0.4) is 0 Å². The highest BCUT2D eigenvalue weighted by Gasteiger charge is 2.29. The lowest BCUT2D eigenvalue weighted by molar-refractivity contribution is -0.117. The number of carbonyl (C=O) groups excluding carboxylic acids is 2. The summed E-state index contributed by atoms with van der Waals surface area (Å²) in [5, 5.41) is 6.32. The molecule has 1 aromatic rings. The van der Waals surface area contributed by atoms with Gasteiger partial charge < -0.3 is 10.6 Å². The molecule has 0 unspecified atom stereocenters. The molecule has 0 saturated heterocycles. The Labute approximate surface area is 135 Å². The Morgan fingerprint density at radius 1 is 1.05 bits per heavy atom. The normalized spacial score (nSPS) is 18.8. The molecule has 3 rings (SSSR count). The first-order valence-electron chi connectivity index (χ1n) is 8.05. The third-order valence-corrected chi connectivity index (χ3v) is 4.70. The smallest absolute Gasteiger partial charge is 0.253 e. The van der Waals surface area contributed by atoms with Crippen LogP contribution >= 0.6 is 11.6 Å². The standard InChI is InChI=1S/C17H21ClN2O2/c18-15-9-8-13(20-16(21)11-6-7-11)10-14(15)17(22)19-12-4-2-1-3-5-12/h8-12H,1-7H2,(H,19,22)(H,20,21). The minimum absolute atomic E-state index is 0.0287. The Morgan fingerprint density at radius 3 is 2.45 bits per heavy atom. The molecule has 22 heavy (non-hydrogen) atoms. The van der Waals surface area contributed by atoms with Crippen molar-refractivity contribution in [2.45, 2.75) is 51.0 Å². The molecule has 2 saturated carbocycles. The molecule has 0 aromatic heterocycles. The third kappa shape index (κ3) is 3.80. The molecule has 0 radical (unpaired) electrons. The van der Waals surface area contributed by atoms with Gasteiger partial charge in [0.05, 0.1) is 10.6 Å². The molecule has 4 nitrogen and oxygen atoms in total. The lowest BCUT2D eigenvalue weighted by Crippen LogP contribution is -2.36. The maximum Gasteiger partial charge on any atom is 0.253 e. The van der Waals surface area contributed by atoms with E-state index in [1.165, 1.54) is 6.42 Å². The van der Waals surface area contributed by atoms with Crippen LogP contribution in [0.5, 0.6) is 0 Å². The first kappa shape index (κ1) is 15.3. The van der Waals surface area contributed by atoms with Crippen molar-refractivity contribution in [2.75, 3.05) is 5.32 Å². The van der Waals surface area contributed by atoms with Crippen molar-refractivity contribution in [3.63, 3.8) is 0 Å². The number of amides is 2. The van der Waals surface area contributed by atoms with Crippen molar-refractivity contribution in [3.05, 3.63) is 28.8 Å². The second-order valence-corrected chi connectivity index (χ2v) is 6.67. The molecule has 2 N–H and O–H groups in total. The zero-order valence-corrected chi connectivity index (χ0v) is 13.3. The van der Waals surface area contributed by atoms with Crippen LogP contribution in [0.15, 0.2) is 18.2 Å². The minimum Gasteiger partial charge on any atom is -0.349 e. The fourth-order valence-corrected chi connectivity index (χ4v) is 3.08. The van der Waals surface area contributed by atoms with Gasteiger partial charge in [-0.3, -0.25) is 9.59 Å². The van der Waals surface area contributed by atoms with Crippen molar-refractivity contribution in [2.24, 2.45) is 5.92 Å². The number of hydrogen-bond acceptors (Lipinski definition) is 2. The summed E-state index contributed by atoms with van der Waals surface area (Å²) in [6, 6.07) is 5.31. The lowest BCUT2D eigenvalue weighted by atomic mass is 9.95. The number of nitrogens with one attached hydrogen (secondary N) is 2. The Kier molecular flexibility index (Phi) is 4.67. The van der Waals surface area contributed by atoms with Gasteiger partial charge in [-0.15, -0.1) is 0 Å². The zero-order valence-electron chi connectivity index (χ0n) is 12.5. The van der Waals surface area contributed by atoms with Crippen LogP contribution in [0.25, 0.3) is 0 Å². The second kappa shape index (κ2) is 6.69. The highest BCUT2D eigenvalue weighted by atomic mass is 35.5. The number of rotatable bonds is 4. The molecule has 118 valence electrons. The Bertz CT molecular complexity index is 578. The summed E-state index contributed by atoms with van der Waals surface area (Å²) < 4.78 is 0. The fraction of sp³-hybridized carbons (Fsp3) is 0.529. The molecular weight excluding hydrogens is 300 g/mol. The van der Waals surface area contributed by atoms with Crippen LogP contribution in [0.2, 0.25) is 5.02 Å². The number of benzene rings is 1. The van der Waals surface area contributed by atoms with E-state index in [-0.39, 0.29) is 23.8 Å². The largest absolute Gasteiger partial charge is 0.349 e. The summed E-state index contributed by atoms with van der Waals surface area (Å²) in [7, 11) is 0. The van der Waals surface area contributed by atoms with Gasteiger partial charge >= 0.3 is 0 Å². The van der Waals surface area contributed by atoms with Crippen LogP contribution in [-0.4, -0.2) is 17.9 Å². The van der Waals surface area contributed by atoms with Gasteiger partial charge in [0.1, 0.15) is 0 Å². The molecule has 0 atom stereocenters. The van der Waals surface area contributed by atoms with E-state index in [9.17, 15) is 9.59 Å². The summed E-state index contributed by atoms with van der Waals surface area (Å²) in [6.07, 6.45) is 7.54. The predicted octanol–water partition coefficient (Wildman–Crippen LogP) is 3.75. The van der Waals surface area contributed by atoms with Crippen LogP contribution in [0.1, 0.15) is 55.3 Å². The highest BCUT2D eigenvalue weighted by molar-refractivity contribution is 6.34. The molecule has 2 fully saturated rings. The maximum absolute atomic E-state index is 12.4. The maximum atomic E-state index is 12.4. The van der Waals surface area contributed by atoms with Crippen molar-refractivity contribution < 1.29 is 9.59 Å². The molecule has 0 heterocycles. The van der Waals surface area contributed by atoms with Crippen LogP contribution < -0.4 is 10.6 Å². The molecule has 1 aromatic carbocycles. The summed E-state index contributed by atoms with van der Waals surface area (Å²) >= 11 is 6.15. The van der Waals surface area contributed by atoms with Crippen molar-refractivity contribution in [3.8, 4) is 0 Å². The zero-order chi connectivity index (χ0) is 15.5. The molecule has 2 aliphatic rings. The van der Waals surface area contributed by atoms with E-state index < -0.39 is 0 Å². The minimum atomic E-state index is -0.153. The Hall–Kier alpha value is -1.55. The van der Waals surface area contributed by atoms with Crippen molar-refractivity contribution >= 4 is 29.1 Å². The fourth-order valence-electron chi connectivity index (χ4n) is 2.88. The van der Waals surface area contributed by atoms with Gasteiger partial charge in [-0.25, -0.2) is 0 Å².